The Balaban J connectivity index is 1.33. The van der Waals surface area contributed by atoms with Crippen LogP contribution in [-0.2, 0) is 18.4 Å². The molecule has 2 bridgehead atoms. The molecule has 2 fully saturated rings. The lowest BCUT2D eigenvalue weighted by Gasteiger charge is -2.40. The Bertz CT molecular complexity index is 1810. The summed E-state index contributed by atoms with van der Waals surface area (Å²) in [5.41, 5.74) is 5.31. The summed E-state index contributed by atoms with van der Waals surface area (Å²) in [6, 6.07) is 4.62. The van der Waals surface area contributed by atoms with Crippen LogP contribution < -0.4 is 21.5 Å². The average Bonchev–Trinajstić information content (AvgIpc) is 3.43. The molecule has 6 rings (SSSR count). The lowest BCUT2D eigenvalue weighted by atomic mass is 10.0. The summed E-state index contributed by atoms with van der Waals surface area (Å²) in [4.78, 5) is 51.7. The second-order valence-electron chi connectivity index (χ2n) is 10.8. The van der Waals surface area contributed by atoms with E-state index in [4.69, 9.17) is 17.3 Å². The number of primary amides is 1. The zero-order valence-electron chi connectivity index (χ0n) is 22.8. The summed E-state index contributed by atoms with van der Waals surface area (Å²) < 4.78 is 17.2. The van der Waals surface area contributed by atoms with E-state index < -0.39 is 34.5 Å². The van der Waals surface area contributed by atoms with E-state index in [1.807, 2.05) is 0 Å². The number of anilines is 2. The first kappa shape index (κ1) is 27.7. The van der Waals surface area contributed by atoms with Crippen LogP contribution in [0.4, 0.5) is 15.9 Å². The van der Waals surface area contributed by atoms with Crippen molar-refractivity contribution in [3.8, 4) is 16.9 Å². The smallest absolute Gasteiger partial charge is 0.263 e. The molecule has 4 aromatic rings. The predicted molar refractivity (Wildman–Crippen MR) is 155 cm³/mol. The van der Waals surface area contributed by atoms with E-state index in [2.05, 4.69) is 32.1 Å². The van der Waals surface area contributed by atoms with Crippen LogP contribution in [0, 0.1) is 5.82 Å². The number of aryl methyl sites for hydroxylation is 1. The van der Waals surface area contributed by atoms with E-state index in [0.717, 1.165) is 37.8 Å². The van der Waals surface area contributed by atoms with Gasteiger partial charge in [0.1, 0.15) is 18.0 Å². The number of hydrogen-bond donors (Lipinski definition) is 3. The highest BCUT2D eigenvalue weighted by Gasteiger charge is 2.39. The molecule has 1 aromatic carbocycles. The van der Waals surface area contributed by atoms with Crippen molar-refractivity contribution in [2.75, 3.05) is 30.4 Å². The summed E-state index contributed by atoms with van der Waals surface area (Å²) >= 11 is 6.42. The van der Waals surface area contributed by atoms with Crippen LogP contribution in [-0.4, -0.2) is 73.1 Å². The standard InChI is InChI=1S/C28H28ClFN8O4/c1-35-9-15-3-4-16(10-35)38(15)22-7-21(19(29)8-32-22)34-23(39)12-37-11-18(24-27(37)33-13-36(2)28(24)42)14-5-17(26(31)41)25(40)20(30)6-14/h5-8,11,13,15-16,40H,3-4,9-10,12H2,1-2H3,(H2,31,41)(H,32,34,39). The second-order valence-corrected chi connectivity index (χ2v) is 11.2. The van der Waals surface area contributed by atoms with Crippen LogP contribution in [0.3, 0.4) is 0 Å². The summed E-state index contributed by atoms with van der Waals surface area (Å²) in [5, 5.41) is 13.2. The van der Waals surface area contributed by atoms with Crippen LogP contribution in [0.2, 0.25) is 5.02 Å². The first-order valence-electron chi connectivity index (χ1n) is 13.3. The van der Waals surface area contributed by atoms with E-state index in [0.29, 0.717) is 17.8 Å². The van der Waals surface area contributed by atoms with Crippen molar-refractivity contribution in [3.63, 3.8) is 0 Å². The Morgan fingerprint density at radius 2 is 1.88 bits per heavy atom. The molecule has 0 spiro atoms. The Morgan fingerprint density at radius 3 is 2.57 bits per heavy atom. The molecule has 0 aliphatic carbocycles. The minimum absolute atomic E-state index is 0.100. The molecule has 2 amide bonds. The number of halogens is 2. The van der Waals surface area contributed by atoms with Crippen molar-refractivity contribution < 1.29 is 19.1 Å². The number of likely N-dealkylation sites (tertiary alicyclic amines) is 1. The third-order valence-corrected chi connectivity index (χ3v) is 8.24. The van der Waals surface area contributed by atoms with Gasteiger partial charge in [0.05, 0.1) is 34.2 Å². The largest absolute Gasteiger partial charge is 0.504 e. The van der Waals surface area contributed by atoms with Crippen LogP contribution in [0.25, 0.3) is 22.2 Å². The second kappa shape index (κ2) is 10.4. The fraction of sp³-hybridized carbons (Fsp3) is 0.321. The molecule has 0 radical (unpaired) electrons. The highest BCUT2D eigenvalue weighted by Crippen LogP contribution is 2.36. The van der Waals surface area contributed by atoms with Crippen LogP contribution in [0.1, 0.15) is 23.2 Å². The monoisotopic (exact) mass is 594 g/mol. The number of amides is 2. The molecule has 42 heavy (non-hydrogen) atoms. The van der Waals surface area contributed by atoms with Gasteiger partial charge < -0.3 is 35.1 Å². The molecule has 4 N–H and O–H groups in total. The first-order valence-corrected chi connectivity index (χ1v) is 13.7. The molecule has 14 heteroatoms. The van der Waals surface area contributed by atoms with Gasteiger partial charge in [-0.2, -0.15) is 0 Å². The van der Waals surface area contributed by atoms with Crippen molar-refractivity contribution in [3.05, 3.63) is 63.7 Å². The number of fused-ring (bicyclic) bond motifs is 3. The summed E-state index contributed by atoms with van der Waals surface area (Å²) in [7, 11) is 3.61. The zero-order valence-corrected chi connectivity index (χ0v) is 23.6. The number of aromatic hydroxyl groups is 1. The van der Waals surface area contributed by atoms with Gasteiger partial charge in [0.15, 0.2) is 11.6 Å². The minimum atomic E-state index is -1.09. The Morgan fingerprint density at radius 1 is 1.17 bits per heavy atom. The molecule has 2 atom stereocenters. The number of hydrogen-bond acceptors (Lipinski definition) is 8. The van der Waals surface area contributed by atoms with Crippen LogP contribution >= 0.6 is 11.6 Å². The Labute approximate surface area is 244 Å². The fourth-order valence-corrected chi connectivity index (χ4v) is 6.19. The van der Waals surface area contributed by atoms with Gasteiger partial charge in [-0.15, -0.1) is 0 Å². The third-order valence-electron chi connectivity index (χ3n) is 7.94. The maximum absolute atomic E-state index is 14.6. The number of rotatable bonds is 6. The Kier molecular flexibility index (Phi) is 6.86. The maximum Gasteiger partial charge on any atom is 0.263 e. The number of pyridine rings is 1. The number of phenols is 1. The van der Waals surface area contributed by atoms with Crippen molar-refractivity contribution in [1.82, 2.24) is 24.0 Å². The molecule has 3 aromatic heterocycles. The molecule has 2 saturated heterocycles. The van der Waals surface area contributed by atoms with Gasteiger partial charge in [-0.1, -0.05) is 11.6 Å². The van der Waals surface area contributed by atoms with Crippen molar-refractivity contribution in [2.45, 2.75) is 31.5 Å². The predicted octanol–water partition coefficient (Wildman–Crippen LogP) is 2.32. The normalized spacial score (nSPS) is 18.5. The van der Waals surface area contributed by atoms with Gasteiger partial charge in [-0.05, 0) is 37.6 Å². The van der Waals surface area contributed by atoms with E-state index >= 15 is 0 Å². The number of aromatic nitrogens is 4. The van der Waals surface area contributed by atoms with Gasteiger partial charge in [-0.3, -0.25) is 14.4 Å². The number of piperazine rings is 1. The lowest BCUT2D eigenvalue weighted by molar-refractivity contribution is -0.116. The van der Waals surface area contributed by atoms with Crippen molar-refractivity contribution in [2.24, 2.45) is 12.8 Å². The number of carbonyl (C=O) groups is 2. The molecule has 2 unspecified atom stereocenters. The number of nitrogens with one attached hydrogen (secondary N) is 1. The van der Waals surface area contributed by atoms with E-state index in [-0.39, 0.29) is 33.7 Å². The van der Waals surface area contributed by atoms with Crippen molar-refractivity contribution >= 4 is 46.0 Å². The van der Waals surface area contributed by atoms with Crippen LogP contribution in [0.15, 0.2) is 41.7 Å². The Hall–Kier alpha value is -4.49. The molecular formula is C28H28ClFN8O4. The molecule has 2 aliphatic heterocycles. The third kappa shape index (κ3) is 4.73. The highest BCUT2D eigenvalue weighted by molar-refractivity contribution is 6.33. The number of nitrogens with two attached hydrogens (primary N) is 1. The number of carbonyl (C=O) groups excluding carboxylic acids is 2. The number of nitrogens with zero attached hydrogens (tertiary/aromatic N) is 6. The topological polar surface area (TPSA) is 152 Å². The quantitative estimate of drug-likeness (QED) is 0.308. The van der Waals surface area contributed by atoms with E-state index in [9.17, 15) is 23.9 Å². The van der Waals surface area contributed by atoms with Gasteiger partial charge >= 0.3 is 0 Å². The van der Waals surface area contributed by atoms with E-state index in [1.54, 1.807) is 6.07 Å². The van der Waals surface area contributed by atoms with Crippen molar-refractivity contribution in [1.29, 1.82) is 0 Å². The zero-order chi connectivity index (χ0) is 29.9. The summed E-state index contributed by atoms with van der Waals surface area (Å²) in [6.07, 6.45) is 6.45. The number of likely N-dealkylation sites (N-methyl/N-ethyl adjacent to an activating group) is 1. The van der Waals surface area contributed by atoms with Gasteiger partial charge in [0.2, 0.25) is 5.91 Å². The molecule has 218 valence electrons. The SMILES string of the molecule is CN1CC2CCC(C1)N2c1cc(NC(=O)Cn2cc(-c3cc(F)c(O)c(C(N)=O)c3)c3c(=O)n(C)cnc32)c(Cl)cn1. The van der Waals surface area contributed by atoms with E-state index in [1.165, 1.54) is 41.0 Å². The lowest BCUT2D eigenvalue weighted by Crippen LogP contribution is -2.52. The fourth-order valence-electron chi connectivity index (χ4n) is 6.04. The minimum Gasteiger partial charge on any atom is -0.504 e. The highest BCUT2D eigenvalue weighted by atomic mass is 35.5. The molecular weight excluding hydrogens is 567 g/mol. The first-order chi connectivity index (χ1) is 20.0. The number of benzene rings is 1. The molecule has 2 aliphatic rings. The van der Waals surface area contributed by atoms with Crippen LogP contribution in [0.5, 0.6) is 5.75 Å². The van der Waals surface area contributed by atoms with Gasteiger partial charge in [0.25, 0.3) is 11.5 Å². The van der Waals surface area contributed by atoms with Gasteiger partial charge in [0, 0.05) is 50.0 Å². The average molecular weight is 595 g/mol. The summed E-state index contributed by atoms with van der Waals surface area (Å²) in [5.74, 6) is -2.72. The molecule has 5 heterocycles. The molecule has 12 nitrogen and oxygen atoms in total. The maximum atomic E-state index is 14.6. The molecule has 0 saturated carbocycles. The van der Waals surface area contributed by atoms with Gasteiger partial charge in [-0.25, -0.2) is 14.4 Å². The summed E-state index contributed by atoms with van der Waals surface area (Å²) in [6.45, 7) is 1.61.